The maximum atomic E-state index is 13.2. The van der Waals surface area contributed by atoms with Crippen molar-refractivity contribution in [1.29, 1.82) is 0 Å². The molecule has 2 nitrogen and oxygen atoms in total. The number of halogens is 2. The second-order valence-electron chi connectivity index (χ2n) is 4.50. The lowest BCUT2D eigenvalue weighted by Crippen LogP contribution is -2.00. The van der Waals surface area contributed by atoms with Crippen LogP contribution in [0.1, 0.15) is 18.9 Å². The lowest BCUT2D eigenvalue weighted by Gasteiger charge is -2.09. The van der Waals surface area contributed by atoms with E-state index in [1.165, 1.54) is 12.1 Å². The molecule has 4 heteroatoms. The Hall–Kier alpha value is -1.74. The van der Waals surface area contributed by atoms with Gasteiger partial charge in [0.1, 0.15) is 11.6 Å². The summed E-state index contributed by atoms with van der Waals surface area (Å²) in [6.07, 6.45) is 0.986. The average molecular weight is 294 g/mol. The Labute approximate surface area is 123 Å². The average Bonchev–Trinajstić information content (AvgIpc) is 2.43. The van der Waals surface area contributed by atoms with E-state index in [2.05, 4.69) is 12.2 Å². The van der Waals surface area contributed by atoms with Gasteiger partial charge in [-0.2, -0.15) is 0 Å². The molecule has 0 aliphatic carbocycles. The van der Waals surface area contributed by atoms with Crippen molar-refractivity contribution in [2.24, 2.45) is 0 Å². The van der Waals surface area contributed by atoms with Gasteiger partial charge in [-0.3, -0.25) is 0 Å². The van der Waals surface area contributed by atoms with Crippen LogP contribution in [0.4, 0.5) is 10.1 Å². The summed E-state index contributed by atoms with van der Waals surface area (Å²) < 4.78 is 18.7. The summed E-state index contributed by atoms with van der Waals surface area (Å²) in [6.45, 7) is 3.31. The molecular formula is C16H17ClFNO. The topological polar surface area (TPSA) is 21.3 Å². The molecule has 2 aromatic carbocycles. The van der Waals surface area contributed by atoms with Gasteiger partial charge >= 0.3 is 0 Å². The van der Waals surface area contributed by atoms with E-state index in [-0.39, 0.29) is 5.82 Å². The summed E-state index contributed by atoms with van der Waals surface area (Å²) in [5, 5.41) is 3.63. The highest BCUT2D eigenvalue weighted by atomic mass is 35.5. The largest absolute Gasteiger partial charge is 0.494 e. The Morgan fingerprint density at radius 2 is 1.90 bits per heavy atom. The zero-order chi connectivity index (χ0) is 14.4. The van der Waals surface area contributed by atoms with Crippen LogP contribution < -0.4 is 10.1 Å². The number of anilines is 1. The van der Waals surface area contributed by atoms with E-state index in [1.807, 2.05) is 24.3 Å². The van der Waals surface area contributed by atoms with Crippen LogP contribution in [-0.2, 0) is 6.54 Å². The van der Waals surface area contributed by atoms with E-state index < -0.39 is 0 Å². The number of hydrogen-bond donors (Lipinski definition) is 1. The van der Waals surface area contributed by atoms with E-state index in [0.717, 1.165) is 23.4 Å². The fourth-order valence-electron chi connectivity index (χ4n) is 1.81. The van der Waals surface area contributed by atoms with Gasteiger partial charge in [-0.15, -0.1) is 0 Å². The van der Waals surface area contributed by atoms with Crippen LogP contribution in [0.2, 0.25) is 5.02 Å². The normalized spacial score (nSPS) is 10.3. The first-order valence-electron chi connectivity index (χ1n) is 6.59. The third-order valence-electron chi connectivity index (χ3n) is 2.75. The van der Waals surface area contributed by atoms with Crippen molar-refractivity contribution < 1.29 is 9.13 Å². The first-order valence-corrected chi connectivity index (χ1v) is 6.97. The van der Waals surface area contributed by atoms with E-state index in [0.29, 0.717) is 18.2 Å². The molecule has 0 heterocycles. The van der Waals surface area contributed by atoms with Gasteiger partial charge in [-0.1, -0.05) is 18.5 Å². The van der Waals surface area contributed by atoms with Gasteiger partial charge < -0.3 is 10.1 Å². The van der Waals surface area contributed by atoms with Crippen LogP contribution >= 0.6 is 11.6 Å². The van der Waals surface area contributed by atoms with Crippen LogP contribution in [0.3, 0.4) is 0 Å². The van der Waals surface area contributed by atoms with Gasteiger partial charge in [0.05, 0.1) is 6.61 Å². The summed E-state index contributed by atoms with van der Waals surface area (Å²) in [4.78, 5) is 0. The number of ether oxygens (including phenoxy) is 1. The van der Waals surface area contributed by atoms with E-state index in [1.54, 1.807) is 6.07 Å². The van der Waals surface area contributed by atoms with Crippen molar-refractivity contribution in [2.45, 2.75) is 19.9 Å². The van der Waals surface area contributed by atoms with Gasteiger partial charge in [-0.25, -0.2) is 4.39 Å². The highest BCUT2D eigenvalue weighted by Gasteiger charge is 2.00. The Morgan fingerprint density at radius 3 is 2.55 bits per heavy atom. The molecule has 0 fully saturated rings. The molecule has 0 saturated heterocycles. The van der Waals surface area contributed by atoms with Crippen molar-refractivity contribution in [3.63, 3.8) is 0 Å². The number of nitrogens with one attached hydrogen (secondary N) is 1. The molecule has 0 radical (unpaired) electrons. The van der Waals surface area contributed by atoms with E-state index in [9.17, 15) is 4.39 Å². The smallest absolute Gasteiger partial charge is 0.125 e. The summed E-state index contributed by atoms with van der Waals surface area (Å²) in [5.41, 5.74) is 1.76. The van der Waals surface area contributed by atoms with Crippen molar-refractivity contribution in [2.75, 3.05) is 11.9 Å². The van der Waals surface area contributed by atoms with Crippen LogP contribution in [0.5, 0.6) is 5.75 Å². The lowest BCUT2D eigenvalue weighted by molar-refractivity contribution is 0.317. The Bertz CT molecular complexity index is 537. The molecule has 0 amide bonds. The third-order valence-corrected chi connectivity index (χ3v) is 2.96. The van der Waals surface area contributed by atoms with Crippen LogP contribution in [0.15, 0.2) is 42.5 Å². The molecule has 0 aromatic heterocycles. The lowest BCUT2D eigenvalue weighted by atomic mass is 10.2. The Morgan fingerprint density at radius 1 is 1.15 bits per heavy atom. The highest BCUT2D eigenvalue weighted by molar-refractivity contribution is 6.30. The molecule has 2 aromatic rings. The standard InChI is InChI=1S/C16H17ClFNO/c1-2-7-20-16-5-3-15(4-6-16)19-11-12-8-13(17)10-14(18)9-12/h3-6,8-10,19H,2,7,11H2,1H3. The maximum absolute atomic E-state index is 13.2. The third kappa shape index (κ3) is 4.42. The SMILES string of the molecule is CCCOc1ccc(NCc2cc(F)cc(Cl)c2)cc1. The maximum Gasteiger partial charge on any atom is 0.125 e. The summed E-state index contributed by atoms with van der Waals surface area (Å²) >= 11 is 5.82. The number of hydrogen-bond acceptors (Lipinski definition) is 2. The van der Waals surface area contributed by atoms with Crippen molar-refractivity contribution in [3.05, 3.63) is 58.9 Å². The Balaban J connectivity index is 1.93. The van der Waals surface area contributed by atoms with Crippen LogP contribution in [-0.4, -0.2) is 6.61 Å². The van der Waals surface area contributed by atoms with Crippen LogP contribution in [0, 0.1) is 5.82 Å². The first-order chi connectivity index (χ1) is 9.67. The van der Waals surface area contributed by atoms with Crippen molar-refractivity contribution in [3.8, 4) is 5.75 Å². The molecule has 106 valence electrons. The molecule has 2 rings (SSSR count). The second-order valence-corrected chi connectivity index (χ2v) is 4.94. The minimum atomic E-state index is -0.322. The van der Waals surface area contributed by atoms with Crippen LogP contribution in [0.25, 0.3) is 0 Å². The molecular weight excluding hydrogens is 277 g/mol. The van der Waals surface area contributed by atoms with Gasteiger partial charge in [0.25, 0.3) is 0 Å². The number of rotatable bonds is 6. The van der Waals surface area contributed by atoms with Gasteiger partial charge in [0, 0.05) is 17.3 Å². The highest BCUT2D eigenvalue weighted by Crippen LogP contribution is 2.18. The van der Waals surface area contributed by atoms with Crippen molar-refractivity contribution >= 4 is 17.3 Å². The second kappa shape index (κ2) is 7.15. The zero-order valence-electron chi connectivity index (χ0n) is 11.3. The number of benzene rings is 2. The monoisotopic (exact) mass is 293 g/mol. The van der Waals surface area contributed by atoms with E-state index in [4.69, 9.17) is 16.3 Å². The molecule has 0 saturated carbocycles. The molecule has 0 aliphatic heterocycles. The quantitative estimate of drug-likeness (QED) is 0.819. The summed E-state index contributed by atoms with van der Waals surface area (Å²) in [6, 6.07) is 12.2. The predicted molar refractivity (Wildman–Crippen MR) is 81.0 cm³/mol. The van der Waals surface area contributed by atoms with E-state index >= 15 is 0 Å². The van der Waals surface area contributed by atoms with Crippen molar-refractivity contribution in [1.82, 2.24) is 0 Å². The van der Waals surface area contributed by atoms with Gasteiger partial charge in [-0.05, 0) is 54.4 Å². The van der Waals surface area contributed by atoms with Gasteiger partial charge in [0.15, 0.2) is 0 Å². The molecule has 1 N–H and O–H groups in total. The minimum Gasteiger partial charge on any atom is -0.494 e. The fraction of sp³-hybridized carbons (Fsp3) is 0.250. The Kier molecular flexibility index (Phi) is 5.24. The van der Waals surface area contributed by atoms with Gasteiger partial charge in [0.2, 0.25) is 0 Å². The molecule has 0 spiro atoms. The summed E-state index contributed by atoms with van der Waals surface area (Å²) in [7, 11) is 0. The first kappa shape index (κ1) is 14.7. The minimum absolute atomic E-state index is 0.322. The summed E-state index contributed by atoms with van der Waals surface area (Å²) in [5.74, 6) is 0.531. The molecule has 0 atom stereocenters. The molecule has 0 aliphatic rings. The predicted octanol–water partition coefficient (Wildman–Crippen LogP) is 4.88. The molecule has 0 bridgehead atoms. The fourth-order valence-corrected chi connectivity index (χ4v) is 2.05. The molecule has 20 heavy (non-hydrogen) atoms. The molecule has 0 unspecified atom stereocenters. The zero-order valence-corrected chi connectivity index (χ0v) is 12.1.